The third kappa shape index (κ3) is 2.33. The Balaban J connectivity index is 1.48. The maximum Gasteiger partial charge on any atom is 0.225 e. The Bertz CT molecular complexity index is 276. The molecule has 0 radical (unpaired) electrons. The number of piperazine rings is 1. The summed E-state index contributed by atoms with van der Waals surface area (Å²) in [5.74, 6) is 0.792. The van der Waals surface area contributed by atoms with Gasteiger partial charge < -0.3 is 10.2 Å². The summed E-state index contributed by atoms with van der Waals surface area (Å²) in [5.41, 5.74) is 0. The van der Waals surface area contributed by atoms with Crippen molar-refractivity contribution in [2.75, 3.05) is 39.3 Å². The van der Waals surface area contributed by atoms with E-state index in [1.165, 1.54) is 12.8 Å². The molecular weight excluding hydrogens is 214 g/mol. The largest absolute Gasteiger partial charge is 0.340 e. The molecule has 2 aliphatic heterocycles. The van der Waals surface area contributed by atoms with Gasteiger partial charge in [-0.2, -0.15) is 0 Å². The molecule has 0 unspecified atom stereocenters. The van der Waals surface area contributed by atoms with Gasteiger partial charge in [-0.15, -0.1) is 0 Å². The summed E-state index contributed by atoms with van der Waals surface area (Å²) >= 11 is 0. The topological polar surface area (TPSA) is 35.6 Å². The average molecular weight is 237 g/mol. The SMILES string of the molecule is O=C(C1CCCC1)N1CCN(C2CNC2)CC1. The van der Waals surface area contributed by atoms with Crippen molar-refractivity contribution in [3.63, 3.8) is 0 Å². The lowest BCUT2D eigenvalue weighted by atomic mass is 10.1. The van der Waals surface area contributed by atoms with Gasteiger partial charge in [-0.3, -0.25) is 9.69 Å². The Morgan fingerprint density at radius 2 is 1.65 bits per heavy atom. The Labute approximate surface area is 103 Å². The van der Waals surface area contributed by atoms with E-state index in [4.69, 9.17) is 0 Å². The summed E-state index contributed by atoms with van der Waals surface area (Å²) in [6.45, 7) is 6.32. The minimum Gasteiger partial charge on any atom is -0.340 e. The summed E-state index contributed by atoms with van der Waals surface area (Å²) < 4.78 is 0. The zero-order chi connectivity index (χ0) is 11.7. The number of carbonyl (C=O) groups is 1. The van der Waals surface area contributed by atoms with Crippen LogP contribution in [-0.4, -0.2) is 61.0 Å². The van der Waals surface area contributed by atoms with Crippen LogP contribution in [0.15, 0.2) is 0 Å². The fourth-order valence-corrected chi connectivity index (χ4v) is 3.27. The molecular formula is C13H23N3O. The minimum atomic E-state index is 0.354. The van der Waals surface area contributed by atoms with Crippen LogP contribution in [0.25, 0.3) is 0 Å². The number of rotatable bonds is 2. The Hall–Kier alpha value is -0.610. The lowest BCUT2D eigenvalue weighted by Crippen LogP contribution is -2.62. The molecule has 2 saturated heterocycles. The monoisotopic (exact) mass is 237 g/mol. The first kappa shape index (κ1) is 11.5. The van der Waals surface area contributed by atoms with Crippen LogP contribution in [0.5, 0.6) is 0 Å². The Morgan fingerprint density at radius 3 is 2.18 bits per heavy atom. The Kier molecular flexibility index (Phi) is 3.34. The maximum absolute atomic E-state index is 12.3. The van der Waals surface area contributed by atoms with Crippen LogP contribution in [0.2, 0.25) is 0 Å². The highest BCUT2D eigenvalue weighted by molar-refractivity contribution is 5.79. The van der Waals surface area contributed by atoms with Crippen LogP contribution in [0.4, 0.5) is 0 Å². The smallest absolute Gasteiger partial charge is 0.225 e. The molecule has 0 atom stereocenters. The molecule has 0 aromatic heterocycles. The number of nitrogens with one attached hydrogen (secondary N) is 1. The van der Waals surface area contributed by atoms with Crippen LogP contribution in [0.3, 0.4) is 0 Å². The van der Waals surface area contributed by atoms with Crippen molar-refractivity contribution < 1.29 is 4.79 Å². The van der Waals surface area contributed by atoms with E-state index in [0.29, 0.717) is 11.8 Å². The number of hydrogen-bond donors (Lipinski definition) is 1. The van der Waals surface area contributed by atoms with E-state index in [1.807, 2.05) is 0 Å². The van der Waals surface area contributed by atoms with Gasteiger partial charge in [0.15, 0.2) is 0 Å². The highest BCUT2D eigenvalue weighted by Gasteiger charge is 2.32. The van der Waals surface area contributed by atoms with E-state index in [-0.39, 0.29) is 0 Å². The summed E-state index contributed by atoms with van der Waals surface area (Å²) in [7, 11) is 0. The minimum absolute atomic E-state index is 0.354. The third-order valence-electron chi connectivity index (χ3n) is 4.61. The molecule has 1 aliphatic carbocycles. The van der Waals surface area contributed by atoms with Crippen LogP contribution >= 0.6 is 0 Å². The van der Waals surface area contributed by atoms with Gasteiger partial charge in [0.2, 0.25) is 5.91 Å². The summed E-state index contributed by atoms with van der Waals surface area (Å²) in [6.07, 6.45) is 4.77. The molecule has 0 aromatic rings. The normalized spacial score (nSPS) is 28.4. The van der Waals surface area contributed by atoms with Gasteiger partial charge >= 0.3 is 0 Å². The molecule has 1 saturated carbocycles. The van der Waals surface area contributed by atoms with Crippen LogP contribution in [0.1, 0.15) is 25.7 Å². The predicted molar refractivity (Wildman–Crippen MR) is 66.8 cm³/mol. The fourth-order valence-electron chi connectivity index (χ4n) is 3.27. The van der Waals surface area contributed by atoms with Crippen LogP contribution in [-0.2, 0) is 4.79 Å². The molecule has 2 heterocycles. The Morgan fingerprint density at radius 1 is 1.00 bits per heavy atom. The zero-order valence-corrected chi connectivity index (χ0v) is 10.5. The van der Waals surface area contributed by atoms with Crippen molar-refractivity contribution in [1.29, 1.82) is 0 Å². The molecule has 3 aliphatic rings. The summed E-state index contributed by atoms with van der Waals surface area (Å²) in [4.78, 5) is 16.9. The number of nitrogens with zero attached hydrogens (tertiary/aromatic N) is 2. The first-order valence-corrected chi connectivity index (χ1v) is 7.08. The van der Waals surface area contributed by atoms with Crippen molar-refractivity contribution in [2.24, 2.45) is 5.92 Å². The van der Waals surface area contributed by atoms with Crippen molar-refractivity contribution >= 4 is 5.91 Å². The highest BCUT2D eigenvalue weighted by atomic mass is 16.2. The van der Waals surface area contributed by atoms with E-state index in [9.17, 15) is 4.79 Å². The van der Waals surface area contributed by atoms with Gasteiger partial charge in [0, 0.05) is 51.2 Å². The van der Waals surface area contributed by atoms with Gasteiger partial charge in [-0.05, 0) is 12.8 Å². The first-order chi connectivity index (χ1) is 8.34. The van der Waals surface area contributed by atoms with Gasteiger partial charge in [0.1, 0.15) is 0 Å². The van der Waals surface area contributed by atoms with Crippen molar-refractivity contribution in [1.82, 2.24) is 15.1 Å². The average Bonchev–Trinajstić information content (AvgIpc) is 2.80. The fraction of sp³-hybridized carbons (Fsp3) is 0.923. The van der Waals surface area contributed by atoms with E-state index < -0.39 is 0 Å². The lowest BCUT2D eigenvalue weighted by molar-refractivity contribution is -0.137. The number of amides is 1. The molecule has 0 spiro atoms. The molecule has 1 N–H and O–H groups in total. The number of hydrogen-bond acceptors (Lipinski definition) is 3. The molecule has 3 rings (SSSR count). The first-order valence-electron chi connectivity index (χ1n) is 7.08. The molecule has 1 amide bonds. The van der Waals surface area contributed by atoms with Gasteiger partial charge in [-0.25, -0.2) is 0 Å². The second-order valence-corrected chi connectivity index (χ2v) is 5.65. The van der Waals surface area contributed by atoms with Crippen molar-refractivity contribution in [2.45, 2.75) is 31.7 Å². The standard InChI is InChI=1S/C13H23N3O/c17-13(11-3-1-2-4-11)16-7-5-15(6-8-16)12-9-14-10-12/h11-12,14H,1-10H2. The van der Waals surface area contributed by atoms with E-state index in [2.05, 4.69) is 15.1 Å². The predicted octanol–water partition coefficient (Wildman–Crippen LogP) is 0.293. The third-order valence-corrected chi connectivity index (χ3v) is 4.61. The number of carbonyl (C=O) groups excluding carboxylic acids is 1. The van der Waals surface area contributed by atoms with Gasteiger partial charge in [0.05, 0.1) is 0 Å². The zero-order valence-electron chi connectivity index (χ0n) is 10.5. The van der Waals surface area contributed by atoms with Gasteiger partial charge in [-0.1, -0.05) is 12.8 Å². The maximum atomic E-state index is 12.3. The lowest BCUT2D eigenvalue weighted by Gasteiger charge is -2.43. The molecule has 96 valence electrons. The van der Waals surface area contributed by atoms with Crippen molar-refractivity contribution in [3.8, 4) is 0 Å². The highest BCUT2D eigenvalue weighted by Crippen LogP contribution is 2.27. The summed E-state index contributed by atoms with van der Waals surface area (Å²) in [5, 5.41) is 3.32. The molecule has 4 nitrogen and oxygen atoms in total. The molecule has 4 heteroatoms. The molecule has 3 fully saturated rings. The second kappa shape index (κ2) is 4.94. The van der Waals surface area contributed by atoms with Crippen LogP contribution < -0.4 is 5.32 Å². The quantitative estimate of drug-likeness (QED) is 0.750. The van der Waals surface area contributed by atoms with Crippen LogP contribution in [0, 0.1) is 5.92 Å². The van der Waals surface area contributed by atoms with E-state index in [1.54, 1.807) is 0 Å². The molecule has 0 bridgehead atoms. The van der Waals surface area contributed by atoms with E-state index >= 15 is 0 Å². The summed E-state index contributed by atoms with van der Waals surface area (Å²) in [6, 6.07) is 0.735. The molecule has 0 aromatic carbocycles. The molecule has 17 heavy (non-hydrogen) atoms. The van der Waals surface area contributed by atoms with E-state index in [0.717, 1.165) is 58.2 Å². The second-order valence-electron chi connectivity index (χ2n) is 5.65. The van der Waals surface area contributed by atoms with Gasteiger partial charge in [0.25, 0.3) is 0 Å². The van der Waals surface area contributed by atoms with Crippen molar-refractivity contribution in [3.05, 3.63) is 0 Å².